The Bertz CT molecular complexity index is 1000. The van der Waals surface area contributed by atoms with Crippen LogP contribution in [-0.2, 0) is 12.8 Å². The number of halogens is 2. The van der Waals surface area contributed by atoms with Gasteiger partial charge in [-0.15, -0.1) is 0 Å². The summed E-state index contributed by atoms with van der Waals surface area (Å²) in [6.07, 6.45) is 2.61. The fourth-order valence-corrected chi connectivity index (χ4v) is 4.53. The summed E-state index contributed by atoms with van der Waals surface area (Å²) in [7, 11) is 0. The van der Waals surface area contributed by atoms with Crippen LogP contribution in [0.5, 0.6) is 0 Å². The molecule has 134 valence electrons. The summed E-state index contributed by atoms with van der Waals surface area (Å²) in [6, 6.07) is 9.60. The zero-order valence-electron chi connectivity index (χ0n) is 14.7. The van der Waals surface area contributed by atoms with Gasteiger partial charge in [0.2, 0.25) is 0 Å². The second-order valence-electron chi connectivity index (χ2n) is 7.07. The molecule has 3 aromatic rings. The SMILES string of the molecule is Cc1cccc(Cl)c1C(=O)N[C@H]1CCc2[nH]c3c(C)cc(Cl)cc3c2C1. The zero-order chi connectivity index (χ0) is 18.4. The summed E-state index contributed by atoms with van der Waals surface area (Å²) in [5, 5.41) is 5.57. The summed E-state index contributed by atoms with van der Waals surface area (Å²) in [6.45, 7) is 3.97. The monoisotopic (exact) mass is 386 g/mol. The molecular weight excluding hydrogens is 367 g/mol. The van der Waals surface area contributed by atoms with Crippen LogP contribution in [0.4, 0.5) is 0 Å². The number of carbonyl (C=O) groups excluding carboxylic acids is 1. The molecule has 1 amide bonds. The van der Waals surface area contributed by atoms with Crippen LogP contribution < -0.4 is 5.32 Å². The molecule has 3 nitrogen and oxygen atoms in total. The first kappa shape index (κ1) is 17.4. The third-order valence-corrected chi connectivity index (χ3v) is 5.78. The number of amides is 1. The molecule has 1 aliphatic rings. The molecule has 0 spiro atoms. The van der Waals surface area contributed by atoms with Crippen LogP contribution in [0.3, 0.4) is 0 Å². The van der Waals surface area contributed by atoms with Crippen molar-refractivity contribution in [2.45, 2.75) is 39.2 Å². The molecule has 1 aliphatic carbocycles. The molecule has 1 aromatic heterocycles. The number of benzene rings is 2. The minimum Gasteiger partial charge on any atom is -0.358 e. The van der Waals surface area contributed by atoms with Gasteiger partial charge in [0, 0.05) is 27.7 Å². The summed E-state index contributed by atoms with van der Waals surface area (Å²) < 4.78 is 0. The Labute approximate surface area is 162 Å². The van der Waals surface area contributed by atoms with Gasteiger partial charge in [0.25, 0.3) is 5.91 Å². The van der Waals surface area contributed by atoms with Gasteiger partial charge in [-0.3, -0.25) is 4.79 Å². The van der Waals surface area contributed by atoms with E-state index < -0.39 is 0 Å². The van der Waals surface area contributed by atoms with Crippen LogP contribution in [0.1, 0.15) is 39.2 Å². The molecule has 0 saturated carbocycles. The molecule has 5 heteroatoms. The van der Waals surface area contributed by atoms with Gasteiger partial charge in [-0.1, -0.05) is 35.3 Å². The number of fused-ring (bicyclic) bond motifs is 3. The molecule has 26 heavy (non-hydrogen) atoms. The minimum atomic E-state index is -0.101. The molecule has 0 unspecified atom stereocenters. The standard InChI is InChI=1S/C21H20Cl2N2O/c1-11-4-3-5-17(23)19(11)21(26)24-14-6-7-18-15(10-14)16-9-13(22)8-12(2)20(16)25-18/h3-5,8-9,14,25H,6-7,10H2,1-2H3,(H,24,26)/t14-/m0/s1. The van der Waals surface area contributed by atoms with Crippen molar-refractivity contribution >= 4 is 40.0 Å². The Hall–Kier alpha value is -1.97. The Kier molecular flexibility index (Phi) is 4.45. The van der Waals surface area contributed by atoms with Crippen molar-refractivity contribution in [1.29, 1.82) is 0 Å². The van der Waals surface area contributed by atoms with E-state index in [0.29, 0.717) is 10.6 Å². The number of hydrogen-bond acceptors (Lipinski definition) is 1. The maximum atomic E-state index is 12.8. The van der Waals surface area contributed by atoms with Gasteiger partial charge >= 0.3 is 0 Å². The van der Waals surface area contributed by atoms with E-state index >= 15 is 0 Å². The van der Waals surface area contributed by atoms with Crippen molar-refractivity contribution in [3.8, 4) is 0 Å². The van der Waals surface area contributed by atoms with E-state index in [2.05, 4.69) is 17.2 Å². The molecule has 2 N–H and O–H groups in total. The van der Waals surface area contributed by atoms with Crippen molar-refractivity contribution in [3.05, 3.63) is 68.3 Å². The smallest absolute Gasteiger partial charge is 0.253 e. The van der Waals surface area contributed by atoms with Crippen LogP contribution >= 0.6 is 23.2 Å². The normalized spacial score (nSPS) is 16.5. The van der Waals surface area contributed by atoms with Crippen LogP contribution in [-0.4, -0.2) is 16.9 Å². The highest BCUT2D eigenvalue weighted by molar-refractivity contribution is 6.34. The quantitative estimate of drug-likeness (QED) is 0.609. The second-order valence-corrected chi connectivity index (χ2v) is 7.92. The number of aryl methyl sites for hydroxylation is 3. The molecular formula is C21H20Cl2N2O. The molecule has 0 radical (unpaired) electrons. The molecule has 0 saturated heterocycles. The third kappa shape index (κ3) is 3.00. The Morgan fingerprint density at radius 3 is 2.77 bits per heavy atom. The van der Waals surface area contributed by atoms with Gasteiger partial charge in [-0.2, -0.15) is 0 Å². The molecule has 1 heterocycles. The van der Waals surface area contributed by atoms with E-state index in [4.69, 9.17) is 23.2 Å². The van der Waals surface area contributed by atoms with E-state index in [0.717, 1.165) is 46.3 Å². The fourth-order valence-electron chi connectivity index (χ4n) is 3.95. The number of aromatic nitrogens is 1. The highest BCUT2D eigenvalue weighted by Crippen LogP contribution is 2.33. The topological polar surface area (TPSA) is 44.9 Å². The summed E-state index contributed by atoms with van der Waals surface area (Å²) in [5.41, 5.74) is 6.27. The van der Waals surface area contributed by atoms with Gasteiger partial charge in [0.1, 0.15) is 0 Å². The first-order chi connectivity index (χ1) is 12.4. The van der Waals surface area contributed by atoms with Gasteiger partial charge in [-0.25, -0.2) is 0 Å². The Balaban J connectivity index is 1.62. The van der Waals surface area contributed by atoms with Crippen molar-refractivity contribution in [1.82, 2.24) is 10.3 Å². The number of rotatable bonds is 2. The van der Waals surface area contributed by atoms with E-state index in [1.807, 2.05) is 31.2 Å². The number of carbonyl (C=O) groups is 1. The van der Waals surface area contributed by atoms with E-state index in [1.54, 1.807) is 6.07 Å². The number of hydrogen-bond donors (Lipinski definition) is 2. The Morgan fingerprint density at radius 2 is 2.00 bits per heavy atom. The van der Waals surface area contributed by atoms with Crippen molar-refractivity contribution in [3.63, 3.8) is 0 Å². The van der Waals surface area contributed by atoms with Crippen LogP contribution in [0.15, 0.2) is 30.3 Å². The molecule has 0 bridgehead atoms. The molecule has 0 fully saturated rings. The lowest BCUT2D eigenvalue weighted by Gasteiger charge is -2.24. The molecule has 4 rings (SSSR count). The lowest BCUT2D eigenvalue weighted by atomic mass is 9.91. The van der Waals surface area contributed by atoms with Gasteiger partial charge in [0.05, 0.1) is 10.6 Å². The Morgan fingerprint density at radius 1 is 1.19 bits per heavy atom. The average molecular weight is 387 g/mol. The summed E-state index contributed by atoms with van der Waals surface area (Å²) >= 11 is 12.5. The maximum Gasteiger partial charge on any atom is 0.253 e. The highest BCUT2D eigenvalue weighted by atomic mass is 35.5. The largest absolute Gasteiger partial charge is 0.358 e. The number of H-pyrrole nitrogens is 1. The fraction of sp³-hybridized carbons (Fsp3) is 0.286. The molecule has 0 aliphatic heterocycles. The predicted molar refractivity (Wildman–Crippen MR) is 108 cm³/mol. The molecule has 2 aromatic carbocycles. The first-order valence-electron chi connectivity index (χ1n) is 8.79. The lowest BCUT2D eigenvalue weighted by molar-refractivity contribution is 0.0933. The van der Waals surface area contributed by atoms with E-state index in [1.165, 1.54) is 11.3 Å². The van der Waals surface area contributed by atoms with E-state index in [9.17, 15) is 4.79 Å². The number of nitrogens with one attached hydrogen (secondary N) is 2. The average Bonchev–Trinajstić information content (AvgIpc) is 2.93. The van der Waals surface area contributed by atoms with E-state index in [-0.39, 0.29) is 11.9 Å². The zero-order valence-corrected chi connectivity index (χ0v) is 16.3. The van der Waals surface area contributed by atoms with Crippen molar-refractivity contribution < 1.29 is 4.79 Å². The molecule has 1 atom stereocenters. The highest BCUT2D eigenvalue weighted by Gasteiger charge is 2.25. The van der Waals surface area contributed by atoms with Crippen molar-refractivity contribution in [2.24, 2.45) is 0 Å². The third-order valence-electron chi connectivity index (χ3n) is 5.24. The van der Waals surface area contributed by atoms with Crippen LogP contribution in [0.25, 0.3) is 10.9 Å². The van der Waals surface area contributed by atoms with Gasteiger partial charge in [-0.05, 0) is 68.0 Å². The number of aromatic amines is 1. The van der Waals surface area contributed by atoms with Crippen molar-refractivity contribution in [2.75, 3.05) is 0 Å². The maximum absolute atomic E-state index is 12.8. The van der Waals surface area contributed by atoms with Crippen LogP contribution in [0.2, 0.25) is 10.0 Å². The summed E-state index contributed by atoms with van der Waals surface area (Å²) in [5.74, 6) is -0.101. The first-order valence-corrected chi connectivity index (χ1v) is 9.55. The predicted octanol–water partition coefficient (Wildman–Crippen LogP) is 5.38. The summed E-state index contributed by atoms with van der Waals surface area (Å²) in [4.78, 5) is 16.3. The van der Waals surface area contributed by atoms with Crippen LogP contribution in [0, 0.1) is 13.8 Å². The second kappa shape index (κ2) is 6.64. The van der Waals surface area contributed by atoms with Gasteiger partial charge in [0.15, 0.2) is 0 Å². The lowest BCUT2D eigenvalue weighted by Crippen LogP contribution is -2.39. The minimum absolute atomic E-state index is 0.0870. The van der Waals surface area contributed by atoms with Gasteiger partial charge < -0.3 is 10.3 Å².